The Labute approximate surface area is 83.3 Å². The minimum atomic E-state index is 1.08. The molecule has 2 heteroatoms. The molecule has 54 valence electrons. The molecule has 1 aromatic carbocycles. The molecule has 0 fully saturated rings. The van der Waals surface area contributed by atoms with E-state index >= 15 is 0 Å². The molecule has 1 aromatic rings. The van der Waals surface area contributed by atoms with Crippen LogP contribution < -0.4 is 0 Å². The number of benzene rings is 1. The van der Waals surface area contributed by atoms with Gasteiger partial charge in [-0.1, -0.05) is 50.7 Å². The van der Waals surface area contributed by atoms with Crippen LogP contribution in [-0.2, 0) is 4.43 Å². The van der Waals surface area contributed by atoms with E-state index in [1.165, 1.54) is 15.6 Å². The molecule has 0 aliphatic carbocycles. The average molecular weight is 311 g/mol. The van der Waals surface area contributed by atoms with E-state index in [2.05, 4.69) is 63.6 Å². The van der Waals surface area contributed by atoms with Crippen molar-refractivity contribution in [1.82, 2.24) is 0 Å². The number of hydrogen-bond acceptors (Lipinski definition) is 0. The van der Waals surface area contributed by atoms with E-state index in [0.717, 1.165) is 4.43 Å². The molecule has 0 saturated heterocycles. The summed E-state index contributed by atoms with van der Waals surface area (Å²) in [5.74, 6) is 0. The van der Waals surface area contributed by atoms with Gasteiger partial charge in [0, 0.05) is 8.90 Å². The Kier molecular flexibility index (Phi) is 3.17. The van der Waals surface area contributed by atoms with Crippen molar-refractivity contribution in [1.29, 1.82) is 0 Å². The number of halogens is 2. The van der Waals surface area contributed by atoms with Crippen molar-refractivity contribution in [3.63, 3.8) is 0 Å². The van der Waals surface area contributed by atoms with Gasteiger partial charge in [-0.2, -0.15) is 0 Å². The van der Waals surface area contributed by atoms with Crippen molar-refractivity contribution < 1.29 is 0 Å². The van der Waals surface area contributed by atoms with Gasteiger partial charge >= 0.3 is 0 Å². The van der Waals surface area contributed by atoms with Gasteiger partial charge in [-0.05, 0) is 24.1 Å². The van der Waals surface area contributed by atoms with Crippen molar-refractivity contribution in [3.05, 3.63) is 33.8 Å². The Morgan fingerprint density at radius 1 is 1.50 bits per heavy atom. The predicted octanol–water partition coefficient (Wildman–Crippen LogP) is 3.69. The van der Waals surface area contributed by atoms with Crippen molar-refractivity contribution in [2.24, 2.45) is 0 Å². The van der Waals surface area contributed by atoms with E-state index in [9.17, 15) is 0 Å². The van der Waals surface area contributed by atoms with Crippen molar-refractivity contribution in [3.8, 4) is 0 Å². The number of hydrogen-bond donors (Lipinski definition) is 0. The van der Waals surface area contributed by atoms with Gasteiger partial charge < -0.3 is 0 Å². The first-order valence-corrected chi connectivity index (χ1v) is 5.37. The number of rotatable bonds is 1. The van der Waals surface area contributed by atoms with Crippen LogP contribution in [0, 0.1) is 6.92 Å². The molecule has 0 atom stereocenters. The Hall–Kier alpha value is 0.430. The quantitative estimate of drug-likeness (QED) is 0.548. The highest BCUT2D eigenvalue weighted by Gasteiger charge is 1.94. The van der Waals surface area contributed by atoms with Crippen LogP contribution in [-0.4, -0.2) is 0 Å². The molecule has 0 amide bonds. The van der Waals surface area contributed by atoms with Crippen LogP contribution in [0.4, 0.5) is 0 Å². The average Bonchev–Trinajstić information content (AvgIpc) is 1.95. The Morgan fingerprint density at radius 2 is 2.20 bits per heavy atom. The molecule has 10 heavy (non-hydrogen) atoms. The van der Waals surface area contributed by atoms with Crippen LogP contribution in [0.1, 0.15) is 11.1 Å². The molecule has 0 bridgehead atoms. The molecule has 0 unspecified atom stereocenters. The van der Waals surface area contributed by atoms with E-state index < -0.39 is 0 Å². The van der Waals surface area contributed by atoms with E-state index in [1.807, 2.05) is 0 Å². The molecule has 0 saturated carbocycles. The maximum Gasteiger partial charge on any atom is 0.0247 e. The largest absolute Gasteiger partial charge is 0.0812 e. The molecule has 0 heterocycles. The maximum atomic E-state index is 3.48. The lowest BCUT2D eigenvalue weighted by molar-refractivity contribution is 1.36. The zero-order valence-corrected chi connectivity index (χ0v) is 9.44. The van der Waals surface area contributed by atoms with E-state index in [1.54, 1.807) is 0 Å². The highest BCUT2D eigenvalue weighted by atomic mass is 127. The van der Waals surface area contributed by atoms with Crippen LogP contribution in [0.3, 0.4) is 0 Å². The van der Waals surface area contributed by atoms with Gasteiger partial charge in [-0.25, -0.2) is 0 Å². The van der Waals surface area contributed by atoms with E-state index in [0.29, 0.717) is 0 Å². The SMILES string of the molecule is Cc1ccc(CI)cc1Br. The fourth-order valence-electron chi connectivity index (χ4n) is 0.719. The molecule has 0 aliphatic rings. The minimum absolute atomic E-state index is 1.08. The third-order valence-corrected chi connectivity index (χ3v) is 3.13. The topological polar surface area (TPSA) is 0 Å². The summed E-state index contributed by atoms with van der Waals surface area (Å²) in [6.45, 7) is 2.10. The molecule has 0 aliphatic heterocycles. The second-order valence-corrected chi connectivity index (χ2v) is 3.83. The van der Waals surface area contributed by atoms with Crippen LogP contribution in [0.2, 0.25) is 0 Å². The molecule has 0 aromatic heterocycles. The molecule has 1 rings (SSSR count). The number of aryl methyl sites for hydroxylation is 1. The molecule has 0 nitrogen and oxygen atoms in total. The van der Waals surface area contributed by atoms with Gasteiger partial charge in [0.15, 0.2) is 0 Å². The fraction of sp³-hybridized carbons (Fsp3) is 0.250. The van der Waals surface area contributed by atoms with Gasteiger partial charge in [0.2, 0.25) is 0 Å². The Morgan fingerprint density at radius 3 is 2.70 bits per heavy atom. The first kappa shape index (κ1) is 8.53. The van der Waals surface area contributed by atoms with Gasteiger partial charge in [0.05, 0.1) is 0 Å². The van der Waals surface area contributed by atoms with Gasteiger partial charge in [0.25, 0.3) is 0 Å². The van der Waals surface area contributed by atoms with Crippen molar-refractivity contribution in [2.45, 2.75) is 11.4 Å². The summed E-state index contributed by atoms with van der Waals surface area (Å²) in [4.78, 5) is 0. The monoisotopic (exact) mass is 310 g/mol. The smallest absolute Gasteiger partial charge is 0.0247 e. The first-order valence-electron chi connectivity index (χ1n) is 3.05. The second kappa shape index (κ2) is 3.72. The van der Waals surface area contributed by atoms with Gasteiger partial charge in [0.1, 0.15) is 0 Å². The predicted molar refractivity (Wildman–Crippen MR) is 56.6 cm³/mol. The molecule has 0 spiro atoms. The van der Waals surface area contributed by atoms with Crippen molar-refractivity contribution in [2.75, 3.05) is 0 Å². The first-order chi connectivity index (χ1) is 4.74. The summed E-state index contributed by atoms with van der Waals surface area (Å²) < 4.78 is 2.29. The van der Waals surface area contributed by atoms with Crippen LogP contribution >= 0.6 is 38.5 Å². The minimum Gasteiger partial charge on any atom is -0.0812 e. The Bertz CT molecular complexity index is 233. The maximum absolute atomic E-state index is 3.48. The molecular formula is C8H8BrI. The molecule has 0 radical (unpaired) electrons. The van der Waals surface area contributed by atoms with Crippen LogP contribution in [0.15, 0.2) is 22.7 Å². The number of alkyl halides is 1. The summed E-state index contributed by atoms with van der Waals surface area (Å²) in [6.07, 6.45) is 0. The zero-order chi connectivity index (χ0) is 7.56. The lowest BCUT2D eigenvalue weighted by Crippen LogP contribution is -1.79. The molecular weight excluding hydrogens is 303 g/mol. The summed E-state index contributed by atoms with van der Waals surface area (Å²) in [5.41, 5.74) is 2.67. The third-order valence-electron chi connectivity index (χ3n) is 1.39. The highest BCUT2D eigenvalue weighted by Crippen LogP contribution is 2.18. The summed E-state index contributed by atoms with van der Waals surface area (Å²) in [7, 11) is 0. The lowest BCUT2D eigenvalue weighted by Gasteiger charge is -1.99. The van der Waals surface area contributed by atoms with Gasteiger partial charge in [-0.15, -0.1) is 0 Å². The van der Waals surface area contributed by atoms with Crippen LogP contribution in [0.5, 0.6) is 0 Å². The lowest BCUT2D eigenvalue weighted by atomic mass is 10.2. The fourth-order valence-corrected chi connectivity index (χ4v) is 1.62. The zero-order valence-electron chi connectivity index (χ0n) is 5.70. The molecule has 0 N–H and O–H groups in total. The highest BCUT2D eigenvalue weighted by molar-refractivity contribution is 14.1. The normalized spacial score (nSPS) is 9.90. The summed E-state index contributed by atoms with van der Waals surface area (Å²) >= 11 is 5.84. The second-order valence-electron chi connectivity index (χ2n) is 2.22. The third kappa shape index (κ3) is 1.95. The standard InChI is InChI=1S/C8H8BrI/c1-6-2-3-7(5-10)4-8(6)9/h2-4H,5H2,1H3. The summed E-state index contributed by atoms with van der Waals surface area (Å²) in [6, 6.07) is 6.46. The van der Waals surface area contributed by atoms with E-state index in [4.69, 9.17) is 0 Å². The van der Waals surface area contributed by atoms with E-state index in [-0.39, 0.29) is 0 Å². The Balaban J connectivity index is 3.04. The summed E-state index contributed by atoms with van der Waals surface area (Å²) in [5, 5.41) is 0. The van der Waals surface area contributed by atoms with Crippen LogP contribution in [0.25, 0.3) is 0 Å². The van der Waals surface area contributed by atoms with Crippen molar-refractivity contribution >= 4 is 38.5 Å². The van der Waals surface area contributed by atoms with Gasteiger partial charge in [-0.3, -0.25) is 0 Å².